The van der Waals surface area contributed by atoms with Crippen LogP contribution in [-0.4, -0.2) is 21.9 Å². The van der Waals surface area contributed by atoms with Gasteiger partial charge in [-0.05, 0) is 0 Å². The maximum absolute atomic E-state index is 0. The Kier molecular flexibility index (Phi) is 1360. The zero-order valence-corrected chi connectivity index (χ0v) is 9.03. The maximum Gasteiger partial charge on any atom is 2.00 e. The second-order valence-corrected chi connectivity index (χ2v) is 0. The Labute approximate surface area is 96.7 Å². The first-order valence-corrected chi connectivity index (χ1v) is 0. The molecule has 7 heteroatoms. The van der Waals surface area contributed by atoms with E-state index in [2.05, 4.69) is 0 Å². The van der Waals surface area contributed by atoms with Crippen molar-refractivity contribution >= 4 is 0 Å². The summed E-state index contributed by atoms with van der Waals surface area (Å²) in [7, 11) is 0. The molecule has 0 saturated carbocycles. The van der Waals surface area contributed by atoms with Gasteiger partial charge in [0.1, 0.15) is 0 Å². The third kappa shape index (κ3) is 60.7. The Morgan fingerprint density at radius 2 is 0.429 bits per heavy atom. The third-order valence-electron chi connectivity index (χ3n) is 0. The summed E-state index contributed by atoms with van der Waals surface area (Å²) < 4.78 is 0. The van der Waals surface area contributed by atoms with Gasteiger partial charge in [0.05, 0.1) is 0 Å². The molecule has 7 heavy (non-hydrogen) atoms. The number of rotatable bonds is 0. The zero-order chi connectivity index (χ0) is 0. The molecule has 0 bridgehead atoms. The van der Waals surface area contributed by atoms with Crippen LogP contribution in [0.15, 0.2) is 0 Å². The van der Waals surface area contributed by atoms with E-state index in [1.807, 2.05) is 0 Å². The van der Waals surface area contributed by atoms with E-state index in [1.54, 1.807) is 0 Å². The Morgan fingerprint density at radius 3 is 0.429 bits per heavy atom. The maximum atomic E-state index is 0. The minimum atomic E-state index is 0. The van der Waals surface area contributed by atoms with E-state index in [0.717, 1.165) is 0 Å². The molecular weight excluding hydrogens is 174 g/mol. The van der Waals surface area contributed by atoms with Crippen LogP contribution in [0.4, 0.5) is 0 Å². The molecule has 0 amide bonds. The predicted molar refractivity (Wildman–Crippen MR) is 7.74 cm³/mol. The average molecular weight is 178 g/mol. The molecule has 0 aromatic carbocycles. The van der Waals surface area contributed by atoms with Gasteiger partial charge in [-0.15, -0.1) is 0 Å². The summed E-state index contributed by atoms with van der Waals surface area (Å²) in [6, 6.07) is 0. The van der Waals surface area contributed by atoms with Gasteiger partial charge < -0.3 is 21.9 Å². The van der Waals surface area contributed by atoms with Crippen molar-refractivity contribution in [3.63, 3.8) is 0 Å². The van der Waals surface area contributed by atoms with Gasteiger partial charge in [-0.2, -0.15) is 0 Å². The van der Waals surface area contributed by atoms with E-state index < -0.39 is 0 Å². The Morgan fingerprint density at radius 1 is 0.429 bits per heavy atom. The molecule has 0 aliphatic heterocycles. The van der Waals surface area contributed by atoms with Crippen LogP contribution in [0.5, 0.6) is 0 Å². The minimum Gasteiger partial charge on any atom is -0.870 e. The van der Waals surface area contributed by atoms with Crippen molar-refractivity contribution < 1.29 is 98.1 Å². The van der Waals surface area contributed by atoms with Crippen LogP contribution in [0.25, 0.3) is 0 Å². The average Bonchev–Trinajstić information content (AvgIpc) is 0. The van der Waals surface area contributed by atoms with Crippen molar-refractivity contribution in [2.45, 2.75) is 0 Å². The van der Waals surface area contributed by atoms with Crippen LogP contribution in [0.3, 0.4) is 0 Å². The normalized spacial score (nSPS) is 0. The van der Waals surface area contributed by atoms with Crippen molar-refractivity contribution in [2.24, 2.45) is 0 Å². The molecule has 0 rings (SSSR count). The quantitative estimate of drug-likeness (QED) is 0.342. The van der Waals surface area contributed by atoms with Gasteiger partial charge >= 0.3 is 76.2 Å². The van der Waals surface area contributed by atoms with Gasteiger partial charge in [0.2, 0.25) is 0 Å². The predicted octanol–water partition coefficient (Wildman–Crippen LogP) is -6.70. The van der Waals surface area contributed by atoms with E-state index >= 15 is 0 Å². The molecule has 1 radical (unpaired) electrons. The first-order valence-electron chi connectivity index (χ1n) is 0. The van der Waals surface area contributed by atoms with Crippen molar-refractivity contribution in [3.8, 4) is 0 Å². The van der Waals surface area contributed by atoms with Gasteiger partial charge in [0.25, 0.3) is 0 Å². The molecule has 4 nitrogen and oxygen atoms in total. The monoisotopic (exact) mass is 177 g/mol. The molecule has 0 atom stereocenters. The van der Waals surface area contributed by atoms with E-state index in [-0.39, 0.29) is 98.1 Å². The van der Waals surface area contributed by atoms with Crippen molar-refractivity contribution in [3.05, 3.63) is 0 Å². The fourth-order valence-electron chi connectivity index (χ4n) is 0. The van der Waals surface area contributed by atoms with E-state index in [9.17, 15) is 0 Å². The van der Waals surface area contributed by atoms with Gasteiger partial charge in [0.15, 0.2) is 0 Å². The van der Waals surface area contributed by atoms with Gasteiger partial charge in [-0.3, -0.25) is 0 Å². The van der Waals surface area contributed by atoms with Crippen molar-refractivity contribution in [1.29, 1.82) is 0 Å². The summed E-state index contributed by atoms with van der Waals surface area (Å²) >= 11 is 0. The first kappa shape index (κ1) is 117. The molecular formula is H4CuNa2O4. The Bertz CT molecular complexity index is 9.65. The summed E-state index contributed by atoms with van der Waals surface area (Å²) in [6.07, 6.45) is 0. The van der Waals surface area contributed by atoms with Crippen LogP contribution in [-0.2, 0) is 17.1 Å². The topological polar surface area (TPSA) is 120 Å². The standard InChI is InChI=1S/Cu.2Na.4H2O/h;;;4*1H2/q+2;2*+1;;;;/p-4. The molecule has 4 N–H and O–H groups in total. The fraction of sp³-hybridized carbons (Fsp3) is 0. The second-order valence-electron chi connectivity index (χ2n) is 0. The minimum absolute atomic E-state index is 0. The summed E-state index contributed by atoms with van der Waals surface area (Å²) in [5, 5.41) is 0. The largest absolute Gasteiger partial charge is 2.00 e. The van der Waals surface area contributed by atoms with E-state index in [0.29, 0.717) is 0 Å². The van der Waals surface area contributed by atoms with Crippen LogP contribution in [0.2, 0.25) is 0 Å². The molecule has 41 valence electrons. The zero-order valence-electron chi connectivity index (χ0n) is 4.09. The third-order valence-corrected chi connectivity index (χ3v) is 0. The van der Waals surface area contributed by atoms with Gasteiger partial charge in [-0.25, -0.2) is 0 Å². The molecule has 0 spiro atoms. The molecule has 0 aromatic rings. The van der Waals surface area contributed by atoms with Gasteiger partial charge in [-0.1, -0.05) is 0 Å². The Balaban J connectivity index is 0. The van der Waals surface area contributed by atoms with Crippen LogP contribution in [0.1, 0.15) is 0 Å². The van der Waals surface area contributed by atoms with Crippen molar-refractivity contribution in [1.82, 2.24) is 0 Å². The van der Waals surface area contributed by atoms with Gasteiger partial charge in [0, 0.05) is 0 Å². The Hall–Kier alpha value is 2.36. The summed E-state index contributed by atoms with van der Waals surface area (Å²) in [6.45, 7) is 0. The van der Waals surface area contributed by atoms with E-state index in [1.165, 1.54) is 0 Å². The summed E-state index contributed by atoms with van der Waals surface area (Å²) in [5.41, 5.74) is 0. The number of hydrogen-bond acceptors (Lipinski definition) is 4. The summed E-state index contributed by atoms with van der Waals surface area (Å²) in [5.74, 6) is 0. The van der Waals surface area contributed by atoms with Crippen LogP contribution in [0, 0.1) is 0 Å². The molecule has 0 fully saturated rings. The van der Waals surface area contributed by atoms with Crippen LogP contribution >= 0.6 is 0 Å². The molecule has 0 heterocycles. The molecule has 0 unspecified atom stereocenters. The first-order chi connectivity index (χ1) is 0. The SMILES string of the molecule is [Cu+2].[Na+].[Na+].[OH-].[OH-].[OH-].[OH-]. The van der Waals surface area contributed by atoms with E-state index in [4.69, 9.17) is 0 Å². The number of hydrogen-bond donors (Lipinski definition) is 0. The molecule has 0 aliphatic rings. The van der Waals surface area contributed by atoms with Crippen molar-refractivity contribution in [2.75, 3.05) is 0 Å². The van der Waals surface area contributed by atoms with Crippen LogP contribution < -0.4 is 59.1 Å². The molecule has 0 aliphatic carbocycles. The molecule has 0 saturated heterocycles. The fourth-order valence-corrected chi connectivity index (χ4v) is 0. The smallest absolute Gasteiger partial charge is 0.870 e. The summed E-state index contributed by atoms with van der Waals surface area (Å²) in [4.78, 5) is 0. The second kappa shape index (κ2) is 81.3. The molecule has 0 aromatic heterocycles.